The van der Waals surface area contributed by atoms with E-state index in [1.165, 1.54) is 24.2 Å². The summed E-state index contributed by atoms with van der Waals surface area (Å²) >= 11 is 1.48. The number of ether oxygens (including phenoxy) is 1. The molecule has 1 amide bonds. The summed E-state index contributed by atoms with van der Waals surface area (Å²) < 4.78 is 5.88. The van der Waals surface area contributed by atoms with Crippen LogP contribution in [0.2, 0.25) is 0 Å². The topological polar surface area (TPSA) is 58.6 Å². The maximum atomic E-state index is 12.6. The zero-order valence-electron chi connectivity index (χ0n) is 13.4. The van der Waals surface area contributed by atoms with Crippen molar-refractivity contribution in [3.8, 4) is 0 Å². The highest BCUT2D eigenvalue weighted by molar-refractivity contribution is 7.12. The Labute approximate surface area is 145 Å². The number of rotatable bonds is 3. The van der Waals surface area contributed by atoms with E-state index in [9.17, 15) is 4.79 Å². The third-order valence-corrected chi connectivity index (χ3v) is 5.33. The third-order valence-electron chi connectivity index (χ3n) is 4.47. The van der Waals surface area contributed by atoms with Crippen LogP contribution in [0.1, 0.15) is 34.3 Å². The Morgan fingerprint density at radius 1 is 1.25 bits per heavy atom. The van der Waals surface area contributed by atoms with Crippen molar-refractivity contribution in [1.29, 1.82) is 0 Å². The quantitative estimate of drug-likeness (QED) is 0.855. The molecule has 7 heteroatoms. The first-order chi connectivity index (χ1) is 11.8. The van der Waals surface area contributed by atoms with Crippen molar-refractivity contribution in [1.82, 2.24) is 14.9 Å². The van der Waals surface area contributed by atoms with Gasteiger partial charge in [0, 0.05) is 25.8 Å². The fraction of sp³-hybridized carbons (Fsp3) is 0.471. The molecule has 2 aliphatic heterocycles. The summed E-state index contributed by atoms with van der Waals surface area (Å²) in [6.07, 6.45) is 3.99. The van der Waals surface area contributed by atoms with Gasteiger partial charge in [0.05, 0.1) is 23.7 Å². The predicted octanol–water partition coefficient (Wildman–Crippen LogP) is 2.35. The molecule has 1 atom stereocenters. The maximum absolute atomic E-state index is 12.6. The summed E-state index contributed by atoms with van der Waals surface area (Å²) in [5.41, 5.74) is 0.857. The standard InChI is InChI=1S/C17H20N4O2S/c22-16(15-4-3-11-24-15)21-9-10-23-14(12-21)13-5-6-18-17(19-13)20-7-1-2-8-20/h3-6,11,14H,1-2,7-10,12H2/t14-/m1/s1. The first-order valence-electron chi connectivity index (χ1n) is 8.33. The van der Waals surface area contributed by atoms with Gasteiger partial charge in [-0.15, -0.1) is 11.3 Å². The van der Waals surface area contributed by atoms with E-state index in [-0.39, 0.29) is 12.0 Å². The van der Waals surface area contributed by atoms with Gasteiger partial charge in [0.15, 0.2) is 0 Å². The van der Waals surface area contributed by atoms with Crippen LogP contribution in [-0.4, -0.2) is 53.6 Å². The Balaban J connectivity index is 1.49. The lowest BCUT2D eigenvalue weighted by Gasteiger charge is -2.32. The van der Waals surface area contributed by atoms with Crippen molar-refractivity contribution in [2.75, 3.05) is 37.7 Å². The molecule has 2 aromatic rings. The minimum Gasteiger partial charge on any atom is -0.368 e. The van der Waals surface area contributed by atoms with Crippen LogP contribution in [0, 0.1) is 0 Å². The zero-order chi connectivity index (χ0) is 16.4. The minimum atomic E-state index is -0.188. The van der Waals surface area contributed by atoms with Gasteiger partial charge in [-0.05, 0) is 30.4 Å². The molecule has 0 unspecified atom stereocenters. The Morgan fingerprint density at radius 3 is 2.92 bits per heavy atom. The van der Waals surface area contributed by atoms with Crippen molar-refractivity contribution in [2.45, 2.75) is 18.9 Å². The average molecular weight is 344 g/mol. The molecule has 4 heterocycles. The molecule has 2 fully saturated rings. The van der Waals surface area contributed by atoms with Crippen LogP contribution >= 0.6 is 11.3 Å². The molecule has 0 radical (unpaired) electrons. The number of hydrogen-bond donors (Lipinski definition) is 0. The Morgan fingerprint density at radius 2 is 2.12 bits per heavy atom. The van der Waals surface area contributed by atoms with Crippen molar-refractivity contribution < 1.29 is 9.53 Å². The molecule has 0 spiro atoms. The van der Waals surface area contributed by atoms with Gasteiger partial charge in [-0.3, -0.25) is 4.79 Å². The molecule has 6 nitrogen and oxygen atoms in total. The molecule has 2 aromatic heterocycles. The van der Waals surface area contributed by atoms with Gasteiger partial charge >= 0.3 is 0 Å². The Hall–Kier alpha value is -1.99. The summed E-state index contributed by atoms with van der Waals surface area (Å²) in [6, 6.07) is 5.67. The second-order valence-electron chi connectivity index (χ2n) is 6.06. The molecular formula is C17H20N4O2S. The lowest BCUT2D eigenvalue weighted by molar-refractivity contribution is -0.0245. The largest absolute Gasteiger partial charge is 0.368 e. The van der Waals surface area contributed by atoms with Crippen LogP contribution in [0.3, 0.4) is 0 Å². The first kappa shape index (κ1) is 15.5. The summed E-state index contributed by atoms with van der Waals surface area (Å²) in [7, 11) is 0. The number of amides is 1. The van der Waals surface area contributed by atoms with Crippen LogP contribution < -0.4 is 4.90 Å². The molecule has 24 heavy (non-hydrogen) atoms. The fourth-order valence-corrected chi connectivity index (χ4v) is 3.87. The number of aromatic nitrogens is 2. The molecule has 0 bridgehead atoms. The molecule has 0 saturated carbocycles. The molecule has 126 valence electrons. The van der Waals surface area contributed by atoms with Crippen LogP contribution in [0.5, 0.6) is 0 Å². The highest BCUT2D eigenvalue weighted by Gasteiger charge is 2.28. The molecule has 0 aliphatic carbocycles. The summed E-state index contributed by atoms with van der Waals surface area (Å²) in [4.78, 5) is 26.5. The normalized spacial score (nSPS) is 21.2. The SMILES string of the molecule is O=C(c1cccs1)N1CCO[C@@H](c2ccnc(N3CCCC3)n2)C1. The van der Waals surface area contributed by atoms with Crippen molar-refractivity contribution >= 4 is 23.2 Å². The van der Waals surface area contributed by atoms with Gasteiger partial charge in [0.2, 0.25) is 5.95 Å². The molecule has 4 rings (SSSR count). The molecule has 0 aromatic carbocycles. The van der Waals surface area contributed by atoms with E-state index in [4.69, 9.17) is 4.74 Å². The number of carbonyl (C=O) groups excluding carboxylic acids is 1. The van der Waals surface area contributed by atoms with E-state index in [1.807, 2.05) is 28.5 Å². The molecule has 2 aliphatic rings. The minimum absolute atomic E-state index is 0.0760. The highest BCUT2D eigenvalue weighted by atomic mass is 32.1. The molecule has 2 saturated heterocycles. The van der Waals surface area contributed by atoms with Crippen LogP contribution in [-0.2, 0) is 4.74 Å². The van der Waals surface area contributed by atoms with Crippen molar-refractivity contribution in [2.24, 2.45) is 0 Å². The van der Waals surface area contributed by atoms with E-state index in [0.29, 0.717) is 19.7 Å². The summed E-state index contributed by atoms with van der Waals surface area (Å²) in [5.74, 6) is 0.849. The second-order valence-corrected chi connectivity index (χ2v) is 7.01. The number of anilines is 1. The van der Waals surface area contributed by atoms with Gasteiger partial charge in [-0.2, -0.15) is 0 Å². The van der Waals surface area contributed by atoms with Gasteiger partial charge in [0.1, 0.15) is 6.10 Å². The Kier molecular flexibility index (Phi) is 4.44. The van der Waals surface area contributed by atoms with Gasteiger partial charge in [-0.1, -0.05) is 6.07 Å². The number of thiophene rings is 1. The highest BCUT2D eigenvalue weighted by Crippen LogP contribution is 2.24. The van der Waals surface area contributed by atoms with E-state index in [0.717, 1.165) is 29.6 Å². The number of nitrogens with zero attached hydrogens (tertiary/aromatic N) is 4. The predicted molar refractivity (Wildman–Crippen MR) is 92.4 cm³/mol. The van der Waals surface area contributed by atoms with Crippen LogP contribution in [0.15, 0.2) is 29.8 Å². The summed E-state index contributed by atoms with van der Waals surface area (Å²) in [5, 5.41) is 1.93. The lowest BCUT2D eigenvalue weighted by Crippen LogP contribution is -2.42. The third kappa shape index (κ3) is 3.14. The van der Waals surface area contributed by atoms with E-state index in [1.54, 1.807) is 6.20 Å². The van der Waals surface area contributed by atoms with E-state index < -0.39 is 0 Å². The number of morpholine rings is 1. The van der Waals surface area contributed by atoms with Crippen molar-refractivity contribution in [3.63, 3.8) is 0 Å². The fourth-order valence-electron chi connectivity index (χ4n) is 3.18. The first-order valence-corrected chi connectivity index (χ1v) is 9.21. The monoisotopic (exact) mass is 344 g/mol. The van der Waals surface area contributed by atoms with Crippen molar-refractivity contribution in [3.05, 3.63) is 40.3 Å². The lowest BCUT2D eigenvalue weighted by atomic mass is 10.2. The number of hydrogen-bond acceptors (Lipinski definition) is 6. The van der Waals surface area contributed by atoms with Gasteiger partial charge in [-0.25, -0.2) is 9.97 Å². The van der Waals surface area contributed by atoms with E-state index >= 15 is 0 Å². The van der Waals surface area contributed by atoms with Gasteiger partial charge < -0.3 is 14.5 Å². The van der Waals surface area contributed by atoms with Crippen LogP contribution in [0.25, 0.3) is 0 Å². The van der Waals surface area contributed by atoms with Gasteiger partial charge in [0.25, 0.3) is 5.91 Å². The molecule has 0 N–H and O–H groups in total. The average Bonchev–Trinajstić information content (AvgIpc) is 3.35. The Bertz CT molecular complexity index is 700. The second kappa shape index (κ2) is 6.86. The van der Waals surface area contributed by atoms with Crippen LogP contribution in [0.4, 0.5) is 5.95 Å². The number of carbonyl (C=O) groups is 1. The smallest absolute Gasteiger partial charge is 0.264 e. The summed E-state index contributed by atoms with van der Waals surface area (Å²) in [6.45, 7) is 3.71. The zero-order valence-corrected chi connectivity index (χ0v) is 14.2. The maximum Gasteiger partial charge on any atom is 0.264 e. The molecular weight excluding hydrogens is 324 g/mol. The van der Waals surface area contributed by atoms with E-state index in [2.05, 4.69) is 14.9 Å².